The van der Waals surface area contributed by atoms with Crippen molar-refractivity contribution in [3.63, 3.8) is 0 Å². The lowest BCUT2D eigenvalue weighted by molar-refractivity contribution is 0.0732. The average Bonchev–Trinajstić information content (AvgIpc) is 2.92. The minimum absolute atomic E-state index is 0.00635. The highest BCUT2D eigenvalue weighted by atomic mass is 16.5. The number of amides is 1. The maximum Gasteiger partial charge on any atom is 0.254 e. The summed E-state index contributed by atoms with van der Waals surface area (Å²) in [6.45, 7) is 4.61. The summed E-state index contributed by atoms with van der Waals surface area (Å²) in [4.78, 5) is 23.5. The molecule has 1 aliphatic heterocycles. The van der Waals surface area contributed by atoms with Gasteiger partial charge < -0.3 is 19.8 Å². The molecule has 29 heavy (non-hydrogen) atoms. The number of nitrogens with zero attached hydrogens (tertiary/aromatic N) is 3. The van der Waals surface area contributed by atoms with Gasteiger partial charge in [-0.3, -0.25) is 9.78 Å². The van der Waals surface area contributed by atoms with Crippen molar-refractivity contribution in [2.24, 2.45) is 0 Å². The number of carbonyl (C=O) groups is 1. The Morgan fingerprint density at radius 1 is 1.17 bits per heavy atom. The second kappa shape index (κ2) is 7.43. The molecule has 0 spiro atoms. The van der Waals surface area contributed by atoms with Gasteiger partial charge in [-0.1, -0.05) is 6.07 Å². The number of ether oxygens (including phenoxy) is 1. The Balaban J connectivity index is 1.72. The lowest BCUT2D eigenvalue weighted by Crippen LogP contribution is -2.32. The molecule has 0 atom stereocenters. The summed E-state index contributed by atoms with van der Waals surface area (Å²) in [7, 11) is 0. The quantitative estimate of drug-likeness (QED) is 0.696. The summed E-state index contributed by atoms with van der Waals surface area (Å²) in [5, 5.41) is 20.2. The van der Waals surface area contributed by atoms with E-state index in [4.69, 9.17) is 4.74 Å². The van der Waals surface area contributed by atoms with Crippen molar-refractivity contribution in [3.05, 3.63) is 65.1 Å². The van der Waals surface area contributed by atoms with Crippen LogP contribution in [0.1, 0.15) is 27.3 Å². The first-order chi connectivity index (χ1) is 13.9. The SMILES string of the molecule is Cc1cnc(C)c(-c2cc(O)c3c(c2)CN(C(=O)c2cccc(O)c2)CCO3)n1. The predicted octanol–water partition coefficient (Wildman–Crippen LogP) is 3.21. The fourth-order valence-electron chi connectivity index (χ4n) is 3.44. The fourth-order valence-corrected chi connectivity index (χ4v) is 3.44. The Morgan fingerprint density at radius 2 is 2.00 bits per heavy atom. The van der Waals surface area contributed by atoms with E-state index in [1.54, 1.807) is 29.3 Å². The van der Waals surface area contributed by atoms with Gasteiger partial charge in [-0.15, -0.1) is 0 Å². The number of fused-ring (bicyclic) bond motifs is 1. The monoisotopic (exact) mass is 391 g/mol. The molecule has 1 aromatic heterocycles. The van der Waals surface area contributed by atoms with Crippen LogP contribution in [-0.2, 0) is 6.54 Å². The van der Waals surface area contributed by atoms with E-state index < -0.39 is 0 Å². The van der Waals surface area contributed by atoms with E-state index in [-0.39, 0.29) is 30.6 Å². The number of hydrogen-bond acceptors (Lipinski definition) is 6. The number of carbonyl (C=O) groups excluding carboxylic acids is 1. The van der Waals surface area contributed by atoms with E-state index >= 15 is 0 Å². The molecule has 1 aliphatic rings. The molecular formula is C22H21N3O4. The molecule has 2 heterocycles. The summed E-state index contributed by atoms with van der Waals surface area (Å²) in [6, 6.07) is 9.74. The normalized spacial score (nSPS) is 13.4. The minimum Gasteiger partial charge on any atom is -0.508 e. The van der Waals surface area contributed by atoms with Crippen LogP contribution >= 0.6 is 0 Å². The van der Waals surface area contributed by atoms with E-state index in [0.29, 0.717) is 34.7 Å². The Labute approximate surface area is 168 Å². The Hall–Kier alpha value is -3.61. The van der Waals surface area contributed by atoms with Crippen LogP contribution in [0.15, 0.2) is 42.6 Å². The van der Waals surface area contributed by atoms with E-state index in [9.17, 15) is 15.0 Å². The second-order valence-corrected chi connectivity index (χ2v) is 7.05. The highest BCUT2D eigenvalue weighted by Crippen LogP contribution is 2.38. The van der Waals surface area contributed by atoms with Crippen molar-refractivity contribution in [1.82, 2.24) is 14.9 Å². The first-order valence-corrected chi connectivity index (χ1v) is 9.30. The largest absolute Gasteiger partial charge is 0.508 e. The van der Waals surface area contributed by atoms with Crippen molar-refractivity contribution in [2.45, 2.75) is 20.4 Å². The molecule has 0 fully saturated rings. The van der Waals surface area contributed by atoms with Crippen LogP contribution in [0.5, 0.6) is 17.2 Å². The number of phenolic OH excluding ortho intramolecular Hbond substituents is 2. The van der Waals surface area contributed by atoms with Gasteiger partial charge in [0.05, 0.1) is 23.6 Å². The van der Waals surface area contributed by atoms with Crippen molar-refractivity contribution >= 4 is 5.91 Å². The number of benzene rings is 2. The van der Waals surface area contributed by atoms with Gasteiger partial charge in [0.15, 0.2) is 11.5 Å². The molecular weight excluding hydrogens is 370 g/mol. The van der Waals surface area contributed by atoms with E-state index in [1.807, 2.05) is 19.9 Å². The highest BCUT2D eigenvalue weighted by Gasteiger charge is 2.24. The Bertz CT molecular complexity index is 1100. The van der Waals surface area contributed by atoms with Crippen molar-refractivity contribution in [3.8, 4) is 28.5 Å². The topological polar surface area (TPSA) is 95.8 Å². The van der Waals surface area contributed by atoms with Crippen LogP contribution in [0.2, 0.25) is 0 Å². The number of rotatable bonds is 2. The minimum atomic E-state index is -0.214. The van der Waals surface area contributed by atoms with E-state index in [0.717, 1.165) is 11.4 Å². The van der Waals surface area contributed by atoms with Gasteiger partial charge in [0, 0.05) is 29.4 Å². The lowest BCUT2D eigenvalue weighted by Gasteiger charge is -2.20. The van der Waals surface area contributed by atoms with Gasteiger partial charge in [0.25, 0.3) is 5.91 Å². The summed E-state index contributed by atoms with van der Waals surface area (Å²) in [5.74, 6) is 0.203. The Kier molecular flexibility index (Phi) is 4.80. The molecule has 0 unspecified atom stereocenters. The van der Waals surface area contributed by atoms with Crippen molar-refractivity contribution < 1.29 is 19.7 Å². The standard InChI is InChI=1S/C22H21N3O4/c1-13-11-23-14(2)20(24-13)16-8-17-12-25(6-7-29-21(17)19(27)10-16)22(28)15-4-3-5-18(26)9-15/h3-5,8-11,26-27H,6-7,12H2,1-2H3. The zero-order valence-electron chi connectivity index (χ0n) is 16.2. The molecule has 2 N–H and O–H groups in total. The zero-order chi connectivity index (χ0) is 20.5. The van der Waals surface area contributed by atoms with Crippen molar-refractivity contribution in [2.75, 3.05) is 13.2 Å². The number of aromatic hydroxyl groups is 2. The molecule has 148 valence electrons. The summed E-state index contributed by atoms with van der Waals surface area (Å²) in [6.07, 6.45) is 1.70. The third kappa shape index (κ3) is 3.71. The van der Waals surface area contributed by atoms with Crippen LogP contribution < -0.4 is 4.74 Å². The smallest absolute Gasteiger partial charge is 0.254 e. The van der Waals surface area contributed by atoms with Gasteiger partial charge in [-0.25, -0.2) is 4.98 Å². The van der Waals surface area contributed by atoms with E-state index in [1.165, 1.54) is 12.1 Å². The molecule has 1 amide bonds. The van der Waals surface area contributed by atoms with Gasteiger partial charge >= 0.3 is 0 Å². The average molecular weight is 391 g/mol. The predicted molar refractivity (Wildman–Crippen MR) is 107 cm³/mol. The summed E-state index contributed by atoms with van der Waals surface area (Å²) >= 11 is 0. The molecule has 0 bridgehead atoms. The fraction of sp³-hybridized carbons (Fsp3) is 0.227. The van der Waals surface area contributed by atoms with E-state index in [2.05, 4.69) is 9.97 Å². The van der Waals surface area contributed by atoms with Gasteiger partial charge in [-0.2, -0.15) is 0 Å². The van der Waals surface area contributed by atoms with Gasteiger partial charge in [-0.05, 0) is 44.2 Å². The van der Waals surface area contributed by atoms with Crippen molar-refractivity contribution in [1.29, 1.82) is 0 Å². The number of aryl methyl sites for hydroxylation is 2. The molecule has 2 aromatic carbocycles. The summed E-state index contributed by atoms with van der Waals surface area (Å²) in [5.41, 5.74) is 4.00. The number of hydrogen-bond donors (Lipinski definition) is 2. The molecule has 7 heteroatoms. The van der Waals surface area contributed by atoms with Crippen LogP contribution in [0, 0.1) is 13.8 Å². The third-order valence-electron chi connectivity index (χ3n) is 4.84. The third-order valence-corrected chi connectivity index (χ3v) is 4.84. The van der Waals surface area contributed by atoms with Crippen LogP contribution in [0.4, 0.5) is 0 Å². The summed E-state index contributed by atoms with van der Waals surface area (Å²) < 4.78 is 5.73. The zero-order valence-corrected chi connectivity index (χ0v) is 16.2. The maximum atomic E-state index is 12.9. The molecule has 0 aliphatic carbocycles. The maximum absolute atomic E-state index is 12.9. The molecule has 0 radical (unpaired) electrons. The molecule has 0 saturated carbocycles. The van der Waals surface area contributed by atoms with Crippen LogP contribution in [0.25, 0.3) is 11.3 Å². The first-order valence-electron chi connectivity index (χ1n) is 9.30. The first kappa shape index (κ1) is 18.7. The lowest BCUT2D eigenvalue weighted by atomic mass is 10.0. The number of phenols is 2. The van der Waals surface area contributed by atoms with Crippen LogP contribution in [-0.4, -0.2) is 44.1 Å². The van der Waals surface area contributed by atoms with Gasteiger partial charge in [0.1, 0.15) is 12.4 Å². The molecule has 0 saturated heterocycles. The van der Waals surface area contributed by atoms with Gasteiger partial charge in [0.2, 0.25) is 0 Å². The highest BCUT2D eigenvalue weighted by molar-refractivity contribution is 5.94. The molecule has 3 aromatic rings. The second-order valence-electron chi connectivity index (χ2n) is 7.05. The molecule has 7 nitrogen and oxygen atoms in total. The Morgan fingerprint density at radius 3 is 2.79 bits per heavy atom. The number of aromatic nitrogens is 2. The van der Waals surface area contributed by atoms with Crippen LogP contribution in [0.3, 0.4) is 0 Å². The molecule has 4 rings (SSSR count).